The Hall–Kier alpha value is -2.24. The summed E-state index contributed by atoms with van der Waals surface area (Å²) in [4.78, 5) is 27.8. The summed E-state index contributed by atoms with van der Waals surface area (Å²) in [6.45, 7) is 4.63. The largest absolute Gasteiger partial charge is 0.341 e. The molecule has 3 heterocycles. The van der Waals surface area contributed by atoms with Crippen molar-refractivity contribution in [2.75, 3.05) is 18.0 Å². The zero-order chi connectivity index (χ0) is 16.5. The molecule has 0 aromatic carbocycles. The van der Waals surface area contributed by atoms with Crippen molar-refractivity contribution >= 4 is 5.95 Å². The fraction of sp³-hybridized carbons (Fsp3) is 0.556. The molecule has 24 heavy (non-hydrogen) atoms. The first-order valence-electron chi connectivity index (χ1n) is 8.80. The van der Waals surface area contributed by atoms with Gasteiger partial charge in [0, 0.05) is 43.5 Å². The summed E-state index contributed by atoms with van der Waals surface area (Å²) in [5, 5.41) is 0. The summed E-state index contributed by atoms with van der Waals surface area (Å²) in [6.07, 6.45) is 8.01. The standard InChI is InChI=1S/C18H23N5O/c1-13-4-7-19-18(21-13)22-8-5-14(6-9-22)11-23-12-20-16(10-17(23)24)15-2-3-15/h4,7,10,12,14-15H,2-3,5-6,8-9,11H2,1H3. The van der Waals surface area contributed by atoms with Gasteiger partial charge in [0.25, 0.3) is 5.56 Å². The minimum absolute atomic E-state index is 0.0938. The normalized spacial score (nSPS) is 18.8. The van der Waals surface area contributed by atoms with Gasteiger partial charge in [-0.1, -0.05) is 0 Å². The maximum Gasteiger partial charge on any atom is 0.253 e. The Labute approximate surface area is 141 Å². The first-order chi connectivity index (χ1) is 11.7. The third-order valence-electron chi connectivity index (χ3n) is 5.03. The number of hydrogen-bond acceptors (Lipinski definition) is 5. The second-order valence-corrected chi connectivity index (χ2v) is 7.01. The highest BCUT2D eigenvalue weighted by Crippen LogP contribution is 2.38. The number of piperidine rings is 1. The van der Waals surface area contributed by atoms with Gasteiger partial charge >= 0.3 is 0 Å². The summed E-state index contributed by atoms with van der Waals surface area (Å²) in [5.74, 6) is 1.86. The maximum atomic E-state index is 12.3. The van der Waals surface area contributed by atoms with Gasteiger partial charge in [-0.2, -0.15) is 0 Å². The van der Waals surface area contributed by atoms with Crippen molar-refractivity contribution in [2.45, 2.75) is 45.1 Å². The van der Waals surface area contributed by atoms with Crippen LogP contribution in [0.25, 0.3) is 0 Å². The van der Waals surface area contributed by atoms with Crippen LogP contribution in [0, 0.1) is 12.8 Å². The van der Waals surface area contributed by atoms with Gasteiger partial charge in [0.05, 0.1) is 12.0 Å². The molecule has 1 saturated heterocycles. The Morgan fingerprint density at radius 3 is 2.62 bits per heavy atom. The molecule has 0 atom stereocenters. The zero-order valence-corrected chi connectivity index (χ0v) is 14.1. The van der Waals surface area contributed by atoms with E-state index >= 15 is 0 Å². The Kier molecular flexibility index (Phi) is 4.04. The number of aromatic nitrogens is 4. The summed E-state index contributed by atoms with van der Waals surface area (Å²) >= 11 is 0. The molecule has 0 amide bonds. The number of anilines is 1. The van der Waals surface area contributed by atoms with Crippen molar-refractivity contribution in [2.24, 2.45) is 5.92 Å². The Morgan fingerprint density at radius 2 is 1.96 bits per heavy atom. The predicted molar refractivity (Wildman–Crippen MR) is 92.2 cm³/mol. The van der Waals surface area contributed by atoms with Crippen LogP contribution >= 0.6 is 0 Å². The number of aryl methyl sites for hydroxylation is 1. The van der Waals surface area contributed by atoms with E-state index in [1.54, 1.807) is 17.0 Å². The lowest BCUT2D eigenvalue weighted by atomic mass is 9.97. The Balaban J connectivity index is 1.37. The second-order valence-electron chi connectivity index (χ2n) is 7.01. The summed E-state index contributed by atoms with van der Waals surface area (Å²) in [7, 11) is 0. The average molecular weight is 325 g/mol. The van der Waals surface area contributed by atoms with E-state index in [1.807, 2.05) is 19.2 Å². The molecule has 2 aromatic rings. The molecule has 0 spiro atoms. The fourth-order valence-electron chi connectivity index (χ4n) is 3.36. The molecule has 4 rings (SSSR count). The minimum Gasteiger partial charge on any atom is -0.341 e. The van der Waals surface area contributed by atoms with Crippen LogP contribution < -0.4 is 10.5 Å². The Morgan fingerprint density at radius 1 is 1.17 bits per heavy atom. The highest BCUT2D eigenvalue weighted by molar-refractivity contribution is 5.30. The topological polar surface area (TPSA) is 63.9 Å². The van der Waals surface area contributed by atoms with E-state index in [-0.39, 0.29) is 5.56 Å². The van der Waals surface area contributed by atoms with Gasteiger partial charge in [0.1, 0.15) is 0 Å². The van der Waals surface area contributed by atoms with E-state index in [0.717, 1.165) is 49.8 Å². The number of nitrogens with zero attached hydrogens (tertiary/aromatic N) is 5. The SMILES string of the molecule is Cc1ccnc(N2CCC(Cn3cnc(C4CC4)cc3=O)CC2)n1. The van der Waals surface area contributed by atoms with E-state index in [4.69, 9.17) is 0 Å². The quantitative estimate of drug-likeness (QED) is 0.862. The zero-order valence-electron chi connectivity index (χ0n) is 14.1. The third kappa shape index (κ3) is 3.32. The van der Waals surface area contributed by atoms with Gasteiger partial charge < -0.3 is 4.90 Å². The molecule has 1 aliphatic carbocycles. The Bertz CT molecular complexity index is 775. The molecule has 126 valence electrons. The van der Waals surface area contributed by atoms with Crippen LogP contribution in [0.2, 0.25) is 0 Å². The molecule has 2 aliphatic rings. The van der Waals surface area contributed by atoms with E-state index in [1.165, 1.54) is 12.8 Å². The molecule has 0 bridgehead atoms. The van der Waals surface area contributed by atoms with Gasteiger partial charge in [0.2, 0.25) is 5.95 Å². The molecular formula is C18H23N5O. The molecule has 6 nitrogen and oxygen atoms in total. The maximum absolute atomic E-state index is 12.3. The van der Waals surface area contributed by atoms with Crippen LogP contribution in [-0.4, -0.2) is 32.6 Å². The summed E-state index contributed by atoms with van der Waals surface area (Å²) in [6, 6.07) is 3.65. The van der Waals surface area contributed by atoms with Crippen LogP contribution in [0.3, 0.4) is 0 Å². The first kappa shape index (κ1) is 15.3. The minimum atomic E-state index is 0.0938. The van der Waals surface area contributed by atoms with Crippen molar-refractivity contribution in [3.8, 4) is 0 Å². The van der Waals surface area contributed by atoms with Gasteiger partial charge in [-0.3, -0.25) is 9.36 Å². The van der Waals surface area contributed by atoms with Crippen LogP contribution in [0.1, 0.15) is 43.0 Å². The van der Waals surface area contributed by atoms with Crippen LogP contribution in [0.4, 0.5) is 5.95 Å². The molecule has 0 N–H and O–H groups in total. The fourth-order valence-corrected chi connectivity index (χ4v) is 3.36. The monoisotopic (exact) mass is 325 g/mol. The average Bonchev–Trinajstić information content (AvgIpc) is 3.42. The van der Waals surface area contributed by atoms with Gasteiger partial charge in [-0.25, -0.2) is 15.0 Å². The summed E-state index contributed by atoms with van der Waals surface area (Å²) in [5.41, 5.74) is 2.06. The molecule has 2 fully saturated rings. The highest BCUT2D eigenvalue weighted by atomic mass is 16.1. The van der Waals surface area contributed by atoms with Gasteiger partial charge in [0.15, 0.2) is 0 Å². The van der Waals surface area contributed by atoms with Crippen molar-refractivity contribution in [1.82, 2.24) is 19.5 Å². The van der Waals surface area contributed by atoms with Crippen molar-refractivity contribution in [3.63, 3.8) is 0 Å². The first-order valence-corrected chi connectivity index (χ1v) is 8.80. The number of rotatable bonds is 4. The highest BCUT2D eigenvalue weighted by Gasteiger charge is 2.26. The lowest BCUT2D eigenvalue weighted by Gasteiger charge is -2.32. The van der Waals surface area contributed by atoms with Crippen LogP contribution in [0.15, 0.2) is 29.5 Å². The molecule has 2 aromatic heterocycles. The lowest BCUT2D eigenvalue weighted by Crippen LogP contribution is -2.37. The second kappa shape index (κ2) is 6.34. The lowest BCUT2D eigenvalue weighted by molar-refractivity contribution is 0.348. The van der Waals surface area contributed by atoms with E-state index in [2.05, 4.69) is 19.9 Å². The van der Waals surface area contributed by atoms with Crippen molar-refractivity contribution in [1.29, 1.82) is 0 Å². The van der Waals surface area contributed by atoms with Crippen LogP contribution in [-0.2, 0) is 6.54 Å². The van der Waals surface area contributed by atoms with E-state index in [9.17, 15) is 4.79 Å². The molecule has 6 heteroatoms. The molecule has 0 radical (unpaired) electrons. The number of hydrogen-bond donors (Lipinski definition) is 0. The molecule has 0 unspecified atom stereocenters. The predicted octanol–water partition coefficient (Wildman–Crippen LogP) is 2.14. The van der Waals surface area contributed by atoms with Gasteiger partial charge in [-0.15, -0.1) is 0 Å². The molecule has 1 aliphatic heterocycles. The third-order valence-corrected chi connectivity index (χ3v) is 5.03. The van der Waals surface area contributed by atoms with Gasteiger partial charge in [-0.05, 0) is 44.6 Å². The van der Waals surface area contributed by atoms with Crippen molar-refractivity contribution in [3.05, 3.63) is 46.4 Å². The van der Waals surface area contributed by atoms with E-state index < -0.39 is 0 Å². The van der Waals surface area contributed by atoms with Crippen LogP contribution in [0.5, 0.6) is 0 Å². The van der Waals surface area contributed by atoms with E-state index in [0.29, 0.717) is 11.8 Å². The summed E-state index contributed by atoms with van der Waals surface area (Å²) < 4.78 is 1.77. The molecular weight excluding hydrogens is 302 g/mol. The van der Waals surface area contributed by atoms with Crippen molar-refractivity contribution < 1.29 is 0 Å². The molecule has 1 saturated carbocycles. The smallest absolute Gasteiger partial charge is 0.253 e.